The number of halogens is 2. The van der Waals surface area contributed by atoms with Crippen molar-refractivity contribution in [3.05, 3.63) is 35.6 Å². The Kier molecular flexibility index (Phi) is 9.38. The highest BCUT2D eigenvalue weighted by molar-refractivity contribution is 14.0. The van der Waals surface area contributed by atoms with Gasteiger partial charge in [-0.15, -0.1) is 24.0 Å². The minimum atomic E-state index is -0.215. The number of rotatable bonds is 8. The lowest BCUT2D eigenvalue weighted by molar-refractivity contribution is 0.123. The van der Waals surface area contributed by atoms with Crippen LogP contribution in [0.1, 0.15) is 24.8 Å². The van der Waals surface area contributed by atoms with Gasteiger partial charge in [0, 0.05) is 33.4 Å². The lowest BCUT2D eigenvalue weighted by Gasteiger charge is -2.12. The third-order valence-electron chi connectivity index (χ3n) is 3.41. The number of hydrogen-bond donors (Lipinski definition) is 2. The van der Waals surface area contributed by atoms with Crippen molar-refractivity contribution in [3.63, 3.8) is 0 Å². The topological polar surface area (TPSA) is 45.7 Å². The third kappa shape index (κ3) is 7.93. The van der Waals surface area contributed by atoms with Crippen LogP contribution in [-0.2, 0) is 11.3 Å². The van der Waals surface area contributed by atoms with Gasteiger partial charge in [-0.2, -0.15) is 0 Å². The van der Waals surface area contributed by atoms with Crippen molar-refractivity contribution in [2.75, 3.05) is 26.8 Å². The number of nitrogens with zero attached hydrogens (tertiary/aromatic N) is 1. The zero-order valence-corrected chi connectivity index (χ0v) is 15.3. The molecule has 2 N–H and O–H groups in total. The van der Waals surface area contributed by atoms with Gasteiger partial charge in [-0.1, -0.05) is 12.1 Å². The second kappa shape index (κ2) is 10.8. The highest BCUT2D eigenvalue weighted by atomic mass is 127. The molecule has 0 radical (unpaired) electrons. The molecule has 22 heavy (non-hydrogen) atoms. The van der Waals surface area contributed by atoms with Gasteiger partial charge in [-0.05, 0) is 42.9 Å². The van der Waals surface area contributed by atoms with Crippen LogP contribution in [0.5, 0.6) is 0 Å². The SMILES string of the molecule is CN=C(NCCCOCC1CC1)NCc1ccc(F)cc1.I. The fourth-order valence-electron chi connectivity index (χ4n) is 1.92. The van der Waals surface area contributed by atoms with Gasteiger partial charge < -0.3 is 15.4 Å². The van der Waals surface area contributed by atoms with Crippen molar-refractivity contribution in [2.24, 2.45) is 10.9 Å². The fraction of sp³-hybridized carbons (Fsp3) is 0.562. The van der Waals surface area contributed by atoms with Gasteiger partial charge in [0.2, 0.25) is 0 Å². The minimum absolute atomic E-state index is 0. The summed E-state index contributed by atoms with van der Waals surface area (Å²) in [6, 6.07) is 6.46. The number of guanidine groups is 1. The van der Waals surface area contributed by atoms with Crippen LogP contribution in [0.2, 0.25) is 0 Å². The average Bonchev–Trinajstić information content (AvgIpc) is 3.31. The Hall–Kier alpha value is -0.890. The Morgan fingerprint density at radius 1 is 1.27 bits per heavy atom. The molecule has 0 aromatic heterocycles. The van der Waals surface area contributed by atoms with Crippen LogP contribution in [0.25, 0.3) is 0 Å². The summed E-state index contributed by atoms with van der Waals surface area (Å²) in [5.74, 6) is 1.36. The lowest BCUT2D eigenvalue weighted by Crippen LogP contribution is -2.37. The van der Waals surface area contributed by atoms with E-state index in [9.17, 15) is 4.39 Å². The predicted molar refractivity (Wildman–Crippen MR) is 98.2 cm³/mol. The summed E-state index contributed by atoms with van der Waals surface area (Å²) >= 11 is 0. The Labute approximate surface area is 148 Å². The summed E-state index contributed by atoms with van der Waals surface area (Å²) in [7, 11) is 1.74. The molecule has 1 aromatic rings. The molecule has 0 bridgehead atoms. The molecule has 1 aliphatic carbocycles. The first-order valence-electron chi connectivity index (χ1n) is 7.54. The molecule has 0 saturated heterocycles. The first kappa shape index (κ1) is 19.2. The first-order chi connectivity index (χ1) is 10.3. The van der Waals surface area contributed by atoms with Crippen molar-refractivity contribution in [3.8, 4) is 0 Å². The molecule has 2 rings (SSSR count). The van der Waals surface area contributed by atoms with Crippen LogP contribution >= 0.6 is 24.0 Å². The van der Waals surface area contributed by atoms with Crippen molar-refractivity contribution in [2.45, 2.75) is 25.8 Å². The van der Waals surface area contributed by atoms with Crippen LogP contribution < -0.4 is 10.6 Å². The number of ether oxygens (including phenoxy) is 1. The van der Waals surface area contributed by atoms with Crippen molar-refractivity contribution >= 4 is 29.9 Å². The van der Waals surface area contributed by atoms with Gasteiger partial charge >= 0.3 is 0 Å². The Balaban J connectivity index is 0.00000242. The van der Waals surface area contributed by atoms with Crippen molar-refractivity contribution < 1.29 is 9.13 Å². The van der Waals surface area contributed by atoms with E-state index < -0.39 is 0 Å². The van der Waals surface area contributed by atoms with Gasteiger partial charge in [-0.25, -0.2) is 4.39 Å². The van der Waals surface area contributed by atoms with Crippen molar-refractivity contribution in [1.82, 2.24) is 10.6 Å². The molecule has 0 amide bonds. The second-order valence-corrected chi connectivity index (χ2v) is 5.35. The number of aliphatic imine (C=N–C) groups is 1. The van der Waals surface area contributed by atoms with E-state index in [2.05, 4.69) is 15.6 Å². The van der Waals surface area contributed by atoms with E-state index in [0.717, 1.165) is 43.6 Å². The number of hydrogen-bond acceptors (Lipinski definition) is 2. The van der Waals surface area contributed by atoms with Gasteiger partial charge in [-0.3, -0.25) is 4.99 Å². The summed E-state index contributed by atoms with van der Waals surface area (Å²) in [4.78, 5) is 4.16. The third-order valence-corrected chi connectivity index (χ3v) is 3.41. The van der Waals surface area contributed by atoms with E-state index in [0.29, 0.717) is 6.54 Å². The molecule has 1 aliphatic rings. The molecular weight excluding hydrogens is 396 g/mol. The monoisotopic (exact) mass is 421 g/mol. The van der Waals surface area contributed by atoms with E-state index in [-0.39, 0.29) is 29.8 Å². The standard InChI is InChI=1S/C16H24FN3O.HI/c1-18-16(19-9-2-10-21-12-14-3-4-14)20-11-13-5-7-15(17)8-6-13;/h5-8,14H,2-4,9-12H2,1H3,(H2,18,19,20);1H. The van der Waals surface area contributed by atoms with E-state index in [1.807, 2.05) is 0 Å². The molecule has 1 saturated carbocycles. The predicted octanol–water partition coefficient (Wildman–Crippen LogP) is 2.93. The molecule has 0 unspecified atom stereocenters. The Morgan fingerprint density at radius 3 is 2.64 bits per heavy atom. The van der Waals surface area contributed by atoms with Gasteiger partial charge in [0.25, 0.3) is 0 Å². The highest BCUT2D eigenvalue weighted by Gasteiger charge is 2.20. The summed E-state index contributed by atoms with van der Waals surface area (Å²) in [5, 5.41) is 6.44. The summed E-state index contributed by atoms with van der Waals surface area (Å²) in [6.45, 7) is 3.15. The largest absolute Gasteiger partial charge is 0.381 e. The van der Waals surface area contributed by atoms with Crippen LogP contribution in [0, 0.1) is 11.7 Å². The lowest BCUT2D eigenvalue weighted by atomic mass is 10.2. The Morgan fingerprint density at radius 2 is 2.00 bits per heavy atom. The molecule has 0 aliphatic heterocycles. The van der Waals surface area contributed by atoms with Gasteiger partial charge in [0.15, 0.2) is 5.96 Å². The Bertz CT molecular complexity index is 449. The first-order valence-corrected chi connectivity index (χ1v) is 7.54. The number of nitrogens with one attached hydrogen (secondary N) is 2. The second-order valence-electron chi connectivity index (χ2n) is 5.35. The number of benzene rings is 1. The summed E-state index contributed by atoms with van der Waals surface area (Å²) in [5.41, 5.74) is 1.02. The smallest absolute Gasteiger partial charge is 0.191 e. The molecule has 0 spiro atoms. The van der Waals surface area contributed by atoms with Gasteiger partial charge in [0.05, 0.1) is 0 Å². The summed E-state index contributed by atoms with van der Waals surface area (Å²) < 4.78 is 18.4. The van der Waals surface area contributed by atoms with Crippen LogP contribution in [-0.4, -0.2) is 32.8 Å². The molecule has 124 valence electrons. The molecular formula is C16H25FIN3O. The molecule has 1 aromatic carbocycles. The quantitative estimate of drug-likeness (QED) is 0.294. The maximum Gasteiger partial charge on any atom is 0.191 e. The molecule has 4 nitrogen and oxygen atoms in total. The maximum absolute atomic E-state index is 12.8. The van der Waals surface area contributed by atoms with E-state index in [1.165, 1.54) is 25.0 Å². The van der Waals surface area contributed by atoms with Crippen LogP contribution in [0.4, 0.5) is 4.39 Å². The van der Waals surface area contributed by atoms with E-state index >= 15 is 0 Å². The normalized spacial score (nSPS) is 14.4. The highest BCUT2D eigenvalue weighted by Crippen LogP contribution is 2.28. The van der Waals surface area contributed by atoms with Crippen LogP contribution in [0.3, 0.4) is 0 Å². The summed E-state index contributed by atoms with van der Waals surface area (Å²) in [6.07, 6.45) is 3.63. The average molecular weight is 421 g/mol. The van der Waals surface area contributed by atoms with Crippen LogP contribution in [0.15, 0.2) is 29.3 Å². The van der Waals surface area contributed by atoms with Crippen molar-refractivity contribution in [1.29, 1.82) is 0 Å². The zero-order chi connectivity index (χ0) is 14.9. The zero-order valence-electron chi connectivity index (χ0n) is 13.0. The molecule has 0 atom stereocenters. The molecule has 0 heterocycles. The minimum Gasteiger partial charge on any atom is -0.381 e. The van der Waals surface area contributed by atoms with E-state index in [4.69, 9.17) is 4.74 Å². The maximum atomic E-state index is 12.8. The molecule has 1 fully saturated rings. The van der Waals surface area contributed by atoms with E-state index in [1.54, 1.807) is 19.2 Å². The molecule has 6 heteroatoms. The van der Waals surface area contributed by atoms with Gasteiger partial charge in [0.1, 0.15) is 5.82 Å². The fourth-order valence-corrected chi connectivity index (χ4v) is 1.92.